The highest BCUT2D eigenvalue weighted by atomic mass is 16.6. The molecule has 2 aliphatic heterocycles. The van der Waals surface area contributed by atoms with Crippen LogP contribution in [0.2, 0.25) is 0 Å². The Balaban J connectivity index is 1.39. The van der Waals surface area contributed by atoms with Gasteiger partial charge in [-0.05, 0) is 51.5 Å². The smallest absolute Gasteiger partial charge is 0.410 e. The van der Waals surface area contributed by atoms with Crippen LogP contribution in [-0.2, 0) is 4.74 Å². The first-order valence-electron chi connectivity index (χ1n) is 12.0. The molecule has 5 rings (SSSR count). The number of anilines is 1. The minimum atomic E-state index is -0.500. The van der Waals surface area contributed by atoms with Gasteiger partial charge in [-0.3, -0.25) is 0 Å². The number of carbonyl (C=O) groups is 1. The van der Waals surface area contributed by atoms with Crippen molar-refractivity contribution in [2.75, 3.05) is 18.4 Å². The third kappa shape index (κ3) is 4.52. The van der Waals surface area contributed by atoms with Gasteiger partial charge >= 0.3 is 6.09 Å². The molecule has 3 heterocycles. The van der Waals surface area contributed by atoms with Crippen molar-refractivity contribution >= 4 is 22.8 Å². The highest BCUT2D eigenvalue weighted by Gasteiger charge is 2.44. The Morgan fingerprint density at radius 2 is 1.91 bits per heavy atom. The summed E-state index contributed by atoms with van der Waals surface area (Å²) in [5, 5.41) is 4.71. The third-order valence-corrected chi connectivity index (χ3v) is 6.63. The van der Waals surface area contributed by atoms with Gasteiger partial charge in [-0.1, -0.05) is 24.3 Å². The van der Waals surface area contributed by atoms with Crippen molar-refractivity contribution in [3.05, 3.63) is 59.9 Å². The van der Waals surface area contributed by atoms with Crippen LogP contribution in [0.3, 0.4) is 0 Å². The molecule has 7 heteroatoms. The fourth-order valence-corrected chi connectivity index (χ4v) is 4.92. The van der Waals surface area contributed by atoms with E-state index in [1.165, 1.54) is 5.56 Å². The summed E-state index contributed by atoms with van der Waals surface area (Å²) in [5.41, 5.74) is 2.38. The van der Waals surface area contributed by atoms with Crippen molar-refractivity contribution in [2.45, 2.75) is 64.2 Å². The Labute approximate surface area is 200 Å². The van der Waals surface area contributed by atoms with Gasteiger partial charge in [0.15, 0.2) is 0 Å². The van der Waals surface area contributed by atoms with Crippen LogP contribution in [0.5, 0.6) is 5.75 Å². The quantitative estimate of drug-likeness (QED) is 0.533. The van der Waals surface area contributed by atoms with Gasteiger partial charge in [-0.2, -0.15) is 0 Å². The summed E-state index contributed by atoms with van der Waals surface area (Å²) in [6.45, 7) is 8.97. The molecule has 0 saturated carbocycles. The summed E-state index contributed by atoms with van der Waals surface area (Å²) in [7, 11) is 0. The Bertz CT molecular complexity index is 1210. The van der Waals surface area contributed by atoms with E-state index in [9.17, 15) is 4.79 Å². The van der Waals surface area contributed by atoms with Crippen LogP contribution in [0.4, 0.5) is 10.6 Å². The monoisotopic (exact) mass is 460 g/mol. The van der Waals surface area contributed by atoms with E-state index in [2.05, 4.69) is 46.5 Å². The number of aromatic nitrogens is 2. The summed E-state index contributed by atoms with van der Waals surface area (Å²) >= 11 is 0. The molecule has 34 heavy (non-hydrogen) atoms. The second-order valence-electron chi connectivity index (χ2n) is 10.4. The molecule has 178 valence electrons. The molecule has 1 spiro atoms. The van der Waals surface area contributed by atoms with E-state index in [1.807, 2.05) is 39.0 Å². The highest BCUT2D eigenvalue weighted by Crippen LogP contribution is 2.45. The SMILES string of the molecule is Cc1ccc2c(NC3CC4(CCN(C(=O)OC(C)(C)C)CC4)Oc4ccccc43)ncnc2c1. The van der Waals surface area contributed by atoms with Gasteiger partial charge in [0.1, 0.15) is 29.1 Å². The van der Waals surface area contributed by atoms with Crippen molar-refractivity contribution in [2.24, 2.45) is 0 Å². The van der Waals surface area contributed by atoms with Crippen molar-refractivity contribution in [3.8, 4) is 5.75 Å². The first-order valence-corrected chi connectivity index (χ1v) is 12.0. The van der Waals surface area contributed by atoms with Gasteiger partial charge in [-0.25, -0.2) is 14.8 Å². The number of piperidine rings is 1. The van der Waals surface area contributed by atoms with Gasteiger partial charge in [0, 0.05) is 43.3 Å². The summed E-state index contributed by atoms with van der Waals surface area (Å²) < 4.78 is 12.2. The predicted octanol–water partition coefficient (Wildman–Crippen LogP) is 5.64. The molecule has 1 fully saturated rings. The number of likely N-dealkylation sites (tertiary alicyclic amines) is 1. The fraction of sp³-hybridized carbons (Fsp3) is 0.444. The third-order valence-electron chi connectivity index (χ3n) is 6.63. The summed E-state index contributed by atoms with van der Waals surface area (Å²) in [6, 6.07) is 14.5. The van der Waals surface area contributed by atoms with Crippen molar-refractivity contribution in [1.29, 1.82) is 0 Å². The molecule has 1 aromatic heterocycles. The lowest BCUT2D eigenvalue weighted by Gasteiger charge is -2.47. The van der Waals surface area contributed by atoms with E-state index in [4.69, 9.17) is 9.47 Å². The Morgan fingerprint density at radius 1 is 1.15 bits per heavy atom. The van der Waals surface area contributed by atoms with E-state index in [1.54, 1.807) is 11.2 Å². The molecule has 1 unspecified atom stereocenters. The number of ether oxygens (including phenoxy) is 2. The fourth-order valence-electron chi connectivity index (χ4n) is 4.92. The highest BCUT2D eigenvalue weighted by molar-refractivity contribution is 5.89. The predicted molar refractivity (Wildman–Crippen MR) is 132 cm³/mol. The van der Waals surface area contributed by atoms with Crippen molar-refractivity contribution in [1.82, 2.24) is 14.9 Å². The van der Waals surface area contributed by atoms with E-state index >= 15 is 0 Å². The molecule has 2 aromatic carbocycles. The largest absolute Gasteiger partial charge is 0.487 e. The number of amides is 1. The van der Waals surface area contributed by atoms with Gasteiger partial charge < -0.3 is 19.7 Å². The molecule has 0 aliphatic carbocycles. The number of aryl methyl sites for hydroxylation is 1. The number of rotatable bonds is 2. The second-order valence-corrected chi connectivity index (χ2v) is 10.4. The summed E-state index contributed by atoms with van der Waals surface area (Å²) in [5.74, 6) is 1.72. The Hall–Kier alpha value is -3.35. The molecule has 1 amide bonds. The van der Waals surface area contributed by atoms with Gasteiger partial charge in [-0.15, -0.1) is 0 Å². The number of fused-ring (bicyclic) bond motifs is 2. The number of benzene rings is 2. The molecule has 2 aliphatic rings. The van der Waals surface area contributed by atoms with Crippen molar-refractivity contribution in [3.63, 3.8) is 0 Å². The molecule has 7 nitrogen and oxygen atoms in total. The summed E-state index contributed by atoms with van der Waals surface area (Å²) in [4.78, 5) is 23.4. The number of nitrogens with one attached hydrogen (secondary N) is 1. The van der Waals surface area contributed by atoms with Crippen LogP contribution in [-0.4, -0.2) is 45.3 Å². The average Bonchev–Trinajstić information content (AvgIpc) is 2.78. The van der Waals surface area contributed by atoms with Crippen LogP contribution in [0, 0.1) is 6.92 Å². The molecule has 1 N–H and O–H groups in total. The standard InChI is InChI=1S/C27H32N4O3/c1-18-9-10-20-21(15-18)28-17-29-24(20)30-22-16-27(33-23-8-6-5-7-19(22)23)11-13-31(14-12-27)25(32)34-26(2,3)4/h5-10,15,17,22H,11-14,16H2,1-4H3,(H,28,29,30). The zero-order valence-corrected chi connectivity index (χ0v) is 20.3. The molecular formula is C27H32N4O3. The zero-order valence-electron chi connectivity index (χ0n) is 20.3. The molecule has 0 radical (unpaired) electrons. The maximum atomic E-state index is 12.6. The van der Waals surface area contributed by atoms with Gasteiger partial charge in [0.25, 0.3) is 0 Å². The first kappa shape index (κ1) is 22.4. The Kier molecular flexibility index (Phi) is 5.58. The number of hydrogen-bond donors (Lipinski definition) is 1. The lowest BCUT2D eigenvalue weighted by molar-refractivity contribution is -0.0308. The van der Waals surface area contributed by atoms with Crippen LogP contribution in [0.25, 0.3) is 10.9 Å². The normalized spacial score (nSPS) is 19.4. The van der Waals surface area contributed by atoms with Gasteiger partial charge in [0.05, 0.1) is 11.6 Å². The maximum absolute atomic E-state index is 12.6. The first-order chi connectivity index (χ1) is 16.2. The van der Waals surface area contributed by atoms with Crippen LogP contribution in [0.15, 0.2) is 48.8 Å². The lowest BCUT2D eigenvalue weighted by atomic mass is 9.80. The topological polar surface area (TPSA) is 76.6 Å². The molecule has 0 bridgehead atoms. The zero-order chi connectivity index (χ0) is 23.9. The minimum Gasteiger partial charge on any atom is -0.487 e. The van der Waals surface area contributed by atoms with E-state index < -0.39 is 5.60 Å². The van der Waals surface area contributed by atoms with Crippen molar-refractivity contribution < 1.29 is 14.3 Å². The van der Waals surface area contributed by atoms with Crippen LogP contribution in [0.1, 0.15) is 57.2 Å². The maximum Gasteiger partial charge on any atom is 0.410 e. The van der Waals surface area contributed by atoms with Gasteiger partial charge in [0.2, 0.25) is 0 Å². The van der Waals surface area contributed by atoms with Crippen LogP contribution < -0.4 is 10.1 Å². The summed E-state index contributed by atoms with van der Waals surface area (Å²) in [6.07, 6.45) is 3.66. The molecule has 3 aromatic rings. The lowest BCUT2D eigenvalue weighted by Crippen LogP contribution is -2.53. The number of hydrogen-bond acceptors (Lipinski definition) is 6. The average molecular weight is 461 g/mol. The Morgan fingerprint density at radius 3 is 2.68 bits per heavy atom. The van der Waals surface area contributed by atoms with Crippen LogP contribution >= 0.6 is 0 Å². The second kappa shape index (κ2) is 8.46. The van der Waals surface area contributed by atoms with E-state index in [0.29, 0.717) is 13.1 Å². The molecule has 1 atom stereocenters. The number of nitrogens with zero attached hydrogens (tertiary/aromatic N) is 3. The minimum absolute atomic E-state index is 0.0393. The van der Waals surface area contributed by atoms with E-state index in [0.717, 1.165) is 47.3 Å². The number of carbonyl (C=O) groups excluding carboxylic acids is 1. The molecule has 1 saturated heterocycles. The molecular weight excluding hydrogens is 428 g/mol. The number of para-hydroxylation sites is 1. The van der Waals surface area contributed by atoms with E-state index in [-0.39, 0.29) is 17.7 Å².